The molecule has 0 atom stereocenters. The Labute approximate surface area is 210 Å². The zero-order valence-electron chi connectivity index (χ0n) is 20.2. The molecule has 1 aromatic carbocycles. The van der Waals surface area contributed by atoms with E-state index in [0.29, 0.717) is 42.2 Å². The van der Waals surface area contributed by atoms with Gasteiger partial charge in [0.25, 0.3) is 0 Å². The minimum Gasteiger partial charge on any atom is -0.481 e. The summed E-state index contributed by atoms with van der Waals surface area (Å²) in [6, 6.07) is 11.1. The van der Waals surface area contributed by atoms with E-state index < -0.39 is 9.84 Å². The summed E-state index contributed by atoms with van der Waals surface area (Å²) in [5.41, 5.74) is 3.08. The number of hydrogen-bond acceptors (Lipinski definition) is 10. The normalized spacial score (nSPS) is 14.7. The third kappa shape index (κ3) is 6.16. The Bertz CT molecular complexity index is 1380. The number of aromatic nitrogens is 3. The molecule has 0 bridgehead atoms. The molecule has 3 heterocycles. The van der Waals surface area contributed by atoms with Crippen molar-refractivity contribution in [1.29, 1.82) is 0 Å². The first-order valence-electron chi connectivity index (χ1n) is 11.4. The monoisotopic (exact) mass is 508 g/mol. The summed E-state index contributed by atoms with van der Waals surface area (Å²) in [7, 11) is -1.49. The molecule has 0 saturated carbocycles. The highest BCUT2D eigenvalue weighted by atomic mass is 32.2. The number of carbonyl (C=O) groups is 1. The molecule has 0 radical (unpaired) electrons. The summed E-state index contributed by atoms with van der Waals surface area (Å²) in [6.07, 6.45) is 3.25. The maximum Gasteiger partial charge on any atom is 0.229 e. The molecule has 36 heavy (non-hydrogen) atoms. The Morgan fingerprint density at radius 2 is 1.92 bits per heavy atom. The van der Waals surface area contributed by atoms with Crippen molar-refractivity contribution < 1.29 is 17.9 Å². The van der Waals surface area contributed by atoms with E-state index in [1.165, 1.54) is 13.2 Å². The highest BCUT2D eigenvalue weighted by molar-refractivity contribution is 7.91. The zero-order valence-corrected chi connectivity index (χ0v) is 21.0. The van der Waals surface area contributed by atoms with E-state index >= 15 is 0 Å². The minimum absolute atomic E-state index is 0.0697. The predicted octanol–water partition coefficient (Wildman–Crippen LogP) is 3.21. The summed E-state index contributed by atoms with van der Waals surface area (Å²) in [5, 5.41) is 6.50. The molecule has 2 N–H and O–H groups in total. The third-order valence-electron chi connectivity index (χ3n) is 5.76. The van der Waals surface area contributed by atoms with Gasteiger partial charge in [-0.2, -0.15) is 9.97 Å². The molecular weight excluding hydrogens is 480 g/mol. The molecule has 4 rings (SSSR count). The zero-order chi connectivity index (χ0) is 25.7. The van der Waals surface area contributed by atoms with Gasteiger partial charge in [0.15, 0.2) is 15.6 Å². The van der Waals surface area contributed by atoms with Crippen LogP contribution in [0.2, 0.25) is 0 Å². The van der Waals surface area contributed by atoms with Gasteiger partial charge in [-0.05, 0) is 24.6 Å². The molecule has 1 fully saturated rings. The summed E-state index contributed by atoms with van der Waals surface area (Å²) in [5.74, 6) is 2.04. The largest absolute Gasteiger partial charge is 0.481 e. The number of carbonyl (C=O) groups excluding carboxylic acids is 1. The molecule has 0 aliphatic carbocycles. The van der Waals surface area contributed by atoms with Crippen LogP contribution in [0.15, 0.2) is 55.3 Å². The van der Waals surface area contributed by atoms with Crippen molar-refractivity contribution in [2.45, 2.75) is 13.3 Å². The Morgan fingerprint density at radius 1 is 1.17 bits per heavy atom. The van der Waals surface area contributed by atoms with E-state index in [1.54, 1.807) is 12.3 Å². The van der Waals surface area contributed by atoms with E-state index in [0.717, 1.165) is 16.8 Å². The Morgan fingerprint density at radius 3 is 2.64 bits per heavy atom. The van der Waals surface area contributed by atoms with Crippen LogP contribution in [0.5, 0.6) is 5.88 Å². The highest BCUT2D eigenvalue weighted by Gasteiger charge is 2.23. The van der Waals surface area contributed by atoms with Crippen LogP contribution in [0.4, 0.5) is 29.0 Å². The number of nitrogens with one attached hydrogen (secondary N) is 2. The molecular formula is C25H28N6O4S. The van der Waals surface area contributed by atoms with E-state index in [4.69, 9.17) is 4.74 Å². The van der Waals surface area contributed by atoms with Crippen molar-refractivity contribution in [3.05, 3.63) is 66.4 Å². The van der Waals surface area contributed by atoms with Gasteiger partial charge in [0.2, 0.25) is 11.8 Å². The number of nitrogens with zero attached hydrogens (tertiary/aromatic N) is 4. The average molecular weight is 509 g/mol. The molecule has 0 spiro atoms. The van der Waals surface area contributed by atoms with Gasteiger partial charge in [0.1, 0.15) is 11.6 Å². The highest BCUT2D eigenvalue weighted by Crippen LogP contribution is 2.28. The number of methoxy groups -OCH3 is 1. The first-order valence-corrected chi connectivity index (χ1v) is 13.2. The van der Waals surface area contributed by atoms with Gasteiger partial charge in [-0.3, -0.25) is 4.79 Å². The summed E-state index contributed by atoms with van der Waals surface area (Å²) < 4.78 is 29.0. The number of para-hydroxylation sites is 1. The number of anilines is 5. The maximum atomic E-state index is 11.9. The van der Waals surface area contributed by atoms with Crippen LogP contribution < -0.4 is 20.3 Å². The first-order chi connectivity index (χ1) is 17.3. The van der Waals surface area contributed by atoms with Crippen molar-refractivity contribution in [3.8, 4) is 5.88 Å². The fraction of sp³-hybridized carbons (Fsp3) is 0.280. The molecule has 11 heteroatoms. The number of allylic oxidation sites excluding steroid dienone is 1. The van der Waals surface area contributed by atoms with Gasteiger partial charge in [-0.15, -0.1) is 0 Å². The van der Waals surface area contributed by atoms with E-state index in [1.807, 2.05) is 42.2 Å². The molecule has 3 aromatic rings. The summed E-state index contributed by atoms with van der Waals surface area (Å²) >= 11 is 0. The molecule has 2 aromatic heterocycles. The van der Waals surface area contributed by atoms with Gasteiger partial charge in [0.05, 0.1) is 18.6 Å². The Kier molecular flexibility index (Phi) is 7.49. The van der Waals surface area contributed by atoms with Crippen molar-refractivity contribution in [2.75, 3.05) is 47.2 Å². The number of benzene rings is 1. The topological polar surface area (TPSA) is 126 Å². The number of aryl methyl sites for hydroxylation is 1. The van der Waals surface area contributed by atoms with E-state index in [9.17, 15) is 13.2 Å². The standard InChI is InChI=1S/C25H28N6O4S/c1-4-20(32)13-18-7-5-6-8-21(18)28-24-17(2)16-26-25(30-24)27-19-14-22(29-23(15-19)35-3)31-9-11-36(33,34)12-10-31/h4-8,14-16H,1,9-13H2,2-3H3,(H2,26,27,28,29,30). The van der Waals surface area contributed by atoms with E-state index in [2.05, 4.69) is 32.2 Å². The predicted molar refractivity (Wildman–Crippen MR) is 140 cm³/mol. The summed E-state index contributed by atoms with van der Waals surface area (Å²) in [4.78, 5) is 27.3. The number of hydrogen-bond donors (Lipinski definition) is 2. The first kappa shape index (κ1) is 25.1. The van der Waals surface area contributed by atoms with Crippen LogP contribution in [0.1, 0.15) is 11.1 Å². The van der Waals surface area contributed by atoms with Crippen molar-refractivity contribution in [1.82, 2.24) is 15.0 Å². The number of sulfone groups is 1. The van der Waals surface area contributed by atoms with E-state index in [-0.39, 0.29) is 23.7 Å². The summed E-state index contributed by atoms with van der Waals surface area (Å²) in [6.45, 7) is 6.17. The van der Waals surface area contributed by atoms with Gasteiger partial charge < -0.3 is 20.3 Å². The second kappa shape index (κ2) is 10.7. The van der Waals surface area contributed by atoms with Gasteiger partial charge in [-0.25, -0.2) is 13.4 Å². The van der Waals surface area contributed by atoms with Crippen LogP contribution in [0.3, 0.4) is 0 Å². The fourth-order valence-corrected chi connectivity index (χ4v) is 4.91. The van der Waals surface area contributed by atoms with Crippen LogP contribution in [-0.2, 0) is 21.1 Å². The van der Waals surface area contributed by atoms with Gasteiger partial charge in [0, 0.05) is 54.8 Å². The second-order valence-corrected chi connectivity index (χ2v) is 10.7. The van der Waals surface area contributed by atoms with Gasteiger partial charge >= 0.3 is 0 Å². The van der Waals surface area contributed by atoms with Crippen molar-refractivity contribution in [2.24, 2.45) is 0 Å². The lowest BCUT2D eigenvalue weighted by molar-refractivity contribution is -0.114. The number of ketones is 1. The Balaban J connectivity index is 1.57. The minimum atomic E-state index is -3.01. The van der Waals surface area contributed by atoms with Crippen LogP contribution in [0.25, 0.3) is 0 Å². The lowest BCUT2D eigenvalue weighted by atomic mass is 10.1. The molecule has 1 saturated heterocycles. The molecule has 0 unspecified atom stereocenters. The van der Waals surface area contributed by atoms with Crippen LogP contribution in [0, 0.1) is 6.92 Å². The second-order valence-electron chi connectivity index (χ2n) is 8.37. The molecule has 188 valence electrons. The number of pyridine rings is 1. The van der Waals surface area contributed by atoms with Crippen LogP contribution >= 0.6 is 0 Å². The molecule has 10 nitrogen and oxygen atoms in total. The Hall–Kier alpha value is -3.99. The number of rotatable bonds is 9. The van der Waals surface area contributed by atoms with Crippen molar-refractivity contribution >= 4 is 44.6 Å². The molecule has 1 aliphatic heterocycles. The smallest absolute Gasteiger partial charge is 0.229 e. The van der Waals surface area contributed by atoms with Crippen LogP contribution in [-0.4, -0.2) is 60.9 Å². The quantitative estimate of drug-likeness (QED) is 0.416. The molecule has 0 amide bonds. The number of ether oxygens (including phenoxy) is 1. The van der Waals surface area contributed by atoms with Crippen molar-refractivity contribution in [3.63, 3.8) is 0 Å². The lowest BCUT2D eigenvalue weighted by Gasteiger charge is -2.28. The average Bonchev–Trinajstić information content (AvgIpc) is 2.86. The fourth-order valence-electron chi connectivity index (χ4n) is 3.71. The lowest BCUT2D eigenvalue weighted by Crippen LogP contribution is -2.40. The maximum absolute atomic E-state index is 11.9. The third-order valence-corrected chi connectivity index (χ3v) is 7.37. The SMILES string of the molecule is C=CC(=O)Cc1ccccc1Nc1nc(Nc2cc(OC)nc(N3CCS(=O)(=O)CC3)c2)ncc1C. The molecule has 1 aliphatic rings. The van der Waals surface area contributed by atoms with Gasteiger partial charge in [-0.1, -0.05) is 24.8 Å².